The molecule has 0 spiro atoms. The van der Waals surface area contributed by atoms with E-state index in [4.69, 9.17) is 21.5 Å². The number of nitrogens with two attached hydrogens (primary N) is 1. The molecular formula is C13H18N6O2S. The number of nitrogens with one attached hydrogen (secondary N) is 3. The Labute approximate surface area is 129 Å². The molecule has 0 unspecified atom stereocenters. The third kappa shape index (κ3) is 4.12. The number of rotatable bonds is 6. The van der Waals surface area contributed by atoms with Gasteiger partial charge in [-0.2, -0.15) is 0 Å². The lowest BCUT2D eigenvalue weighted by atomic mass is 10.00. The Kier molecular flexibility index (Phi) is 5.77. The molecule has 1 aromatic rings. The third-order valence-corrected chi connectivity index (χ3v) is 3.65. The van der Waals surface area contributed by atoms with Gasteiger partial charge in [0.2, 0.25) is 10.0 Å². The first-order valence-corrected chi connectivity index (χ1v) is 7.95. The van der Waals surface area contributed by atoms with Crippen LogP contribution < -0.4 is 5.14 Å². The van der Waals surface area contributed by atoms with Crippen LogP contribution in [0.5, 0.6) is 0 Å². The summed E-state index contributed by atoms with van der Waals surface area (Å²) in [7, 11) is -4.08. The van der Waals surface area contributed by atoms with E-state index in [1.54, 1.807) is 6.07 Å². The summed E-state index contributed by atoms with van der Waals surface area (Å²) >= 11 is 0. The second-order valence-electron chi connectivity index (χ2n) is 4.76. The van der Waals surface area contributed by atoms with Crippen molar-refractivity contribution in [3.05, 3.63) is 29.3 Å². The van der Waals surface area contributed by atoms with E-state index < -0.39 is 15.9 Å². The maximum Gasteiger partial charge on any atom is 0.238 e. The van der Waals surface area contributed by atoms with Crippen LogP contribution in [-0.4, -0.2) is 32.2 Å². The summed E-state index contributed by atoms with van der Waals surface area (Å²) in [6.45, 7) is 3.68. The molecule has 0 saturated heterocycles. The van der Waals surface area contributed by atoms with Gasteiger partial charge in [0.15, 0.2) is 5.84 Å². The Hall–Kier alpha value is -2.26. The van der Waals surface area contributed by atoms with E-state index >= 15 is 0 Å². The van der Waals surface area contributed by atoms with Crippen molar-refractivity contribution in [2.45, 2.75) is 31.2 Å². The minimum absolute atomic E-state index is 0.0683. The van der Waals surface area contributed by atoms with E-state index in [9.17, 15) is 8.42 Å². The van der Waals surface area contributed by atoms with Gasteiger partial charge in [0.1, 0.15) is 0 Å². The molecule has 22 heavy (non-hydrogen) atoms. The van der Waals surface area contributed by atoms with E-state index in [1.165, 1.54) is 12.1 Å². The zero-order chi connectivity index (χ0) is 16.9. The fraction of sp³-hybridized carbons (Fsp3) is 0.308. The lowest BCUT2D eigenvalue weighted by Gasteiger charge is -2.14. The van der Waals surface area contributed by atoms with Crippen LogP contribution in [-0.2, 0) is 10.0 Å². The van der Waals surface area contributed by atoms with Crippen LogP contribution in [0.25, 0.3) is 0 Å². The fourth-order valence-corrected chi connectivity index (χ4v) is 2.71. The topological polar surface area (TPSA) is 156 Å². The van der Waals surface area contributed by atoms with Crippen LogP contribution in [0.4, 0.5) is 0 Å². The molecule has 0 heterocycles. The van der Waals surface area contributed by atoms with Gasteiger partial charge in [0.25, 0.3) is 0 Å². The van der Waals surface area contributed by atoms with Crippen LogP contribution in [0.15, 0.2) is 33.2 Å². The average Bonchev–Trinajstić information content (AvgIpc) is 2.43. The lowest BCUT2D eigenvalue weighted by molar-refractivity contribution is 0.597. The van der Waals surface area contributed by atoms with Gasteiger partial charge in [0.05, 0.1) is 4.90 Å². The highest BCUT2D eigenvalue weighted by molar-refractivity contribution is 7.89. The van der Waals surface area contributed by atoms with Crippen molar-refractivity contribution >= 4 is 27.8 Å². The Balaban J connectivity index is 3.77. The van der Waals surface area contributed by atoms with Gasteiger partial charge in [-0.05, 0) is 19.9 Å². The maximum absolute atomic E-state index is 11.7. The van der Waals surface area contributed by atoms with E-state index in [0.29, 0.717) is 11.3 Å². The highest BCUT2D eigenvalue weighted by Crippen LogP contribution is 2.22. The number of hydrogen-bond donors (Lipinski definition) is 4. The monoisotopic (exact) mass is 322 g/mol. The Morgan fingerprint density at radius 3 is 2.50 bits per heavy atom. The first-order valence-electron chi connectivity index (χ1n) is 6.40. The van der Waals surface area contributed by atoms with E-state index in [1.807, 2.05) is 13.8 Å². The molecule has 1 aromatic carbocycles. The first kappa shape index (κ1) is 17.8. The molecule has 118 valence electrons. The molecule has 0 aliphatic carbocycles. The van der Waals surface area contributed by atoms with E-state index in [2.05, 4.69) is 10.1 Å². The molecule has 0 aromatic heterocycles. The summed E-state index contributed by atoms with van der Waals surface area (Å²) in [6, 6.07) is 4.23. The number of aliphatic imine (C=N–C) groups is 1. The van der Waals surface area contributed by atoms with E-state index in [0.717, 1.165) is 6.21 Å². The van der Waals surface area contributed by atoms with Crippen molar-refractivity contribution in [2.75, 3.05) is 0 Å². The fourth-order valence-electron chi connectivity index (χ4n) is 1.95. The zero-order valence-corrected chi connectivity index (χ0v) is 13.1. The second kappa shape index (κ2) is 7.14. The minimum atomic E-state index is -4.08. The number of sulfonamides is 1. The van der Waals surface area contributed by atoms with Gasteiger partial charge in [0, 0.05) is 35.5 Å². The Morgan fingerprint density at radius 2 is 2.05 bits per heavy atom. The Morgan fingerprint density at radius 1 is 1.41 bits per heavy atom. The van der Waals surface area contributed by atoms with Crippen LogP contribution in [0.3, 0.4) is 0 Å². The van der Waals surface area contributed by atoms with Gasteiger partial charge >= 0.3 is 0 Å². The van der Waals surface area contributed by atoms with E-state index in [-0.39, 0.29) is 22.9 Å². The van der Waals surface area contributed by atoms with Crippen molar-refractivity contribution < 1.29 is 8.42 Å². The van der Waals surface area contributed by atoms with Crippen LogP contribution >= 0.6 is 0 Å². The number of benzene rings is 1. The standard InChI is InChI=1S/C13H18N6O2S/c1-8(2)18-10(6-7-14)9-4-3-5-11(22(17,20)21)12(9)13(15)19-16/h3-5,7-8,14-16H,6H2,1-2H3,(H2,17,20,21). The molecule has 0 atom stereocenters. The van der Waals surface area contributed by atoms with Crippen LogP contribution in [0, 0.1) is 16.3 Å². The summed E-state index contributed by atoms with van der Waals surface area (Å²) in [4.78, 5) is 4.08. The highest BCUT2D eigenvalue weighted by atomic mass is 32.2. The molecule has 0 amide bonds. The zero-order valence-electron chi connectivity index (χ0n) is 12.3. The molecule has 0 aliphatic rings. The van der Waals surface area contributed by atoms with Crippen molar-refractivity contribution in [2.24, 2.45) is 15.2 Å². The van der Waals surface area contributed by atoms with Crippen molar-refractivity contribution in [1.82, 2.24) is 0 Å². The number of primary sulfonamides is 1. The molecule has 0 fully saturated rings. The molecule has 0 radical (unpaired) electrons. The van der Waals surface area contributed by atoms with Gasteiger partial charge in [-0.25, -0.2) is 19.1 Å². The second-order valence-corrected chi connectivity index (χ2v) is 6.29. The van der Waals surface area contributed by atoms with Crippen molar-refractivity contribution in [3.8, 4) is 0 Å². The molecule has 8 nitrogen and oxygen atoms in total. The largest absolute Gasteiger partial charge is 0.313 e. The normalized spacial score (nSPS) is 12.3. The SMILES string of the molecule is CC(C)N=C(CC=N)c1cccc(S(N)(=O)=O)c1C(=N)N=N. The van der Waals surface area contributed by atoms with Gasteiger partial charge < -0.3 is 5.41 Å². The smallest absolute Gasteiger partial charge is 0.238 e. The quantitative estimate of drug-likeness (QED) is 0.358. The molecule has 9 heteroatoms. The highest BCUT2D eigenvalue weighted by Gasteiger charge is 2.22. The number of nitrogens with zero attached hydrogens (tertiary/aromatic N) is 2. The maximum atomic E-state index is 11.7. The predicted molar refractivity (Wildman–Crippen MR) is 84.9 cm³/mol. The third-order valence-electron chi connectivity index (χ3n) is 2.70. The van der Waals surface area contributed by atoms with Gasteiger partial charge in [-0.3, -0.25) is 10.4 Å². The van der Waals surface area contributed by atoms with Crippen LogP contribution in [0.2, 0.25) is 0 Å². The molecule has 0 saturated carbocycles. The van der Waals surface area contributed by atoms with Crippen molar-refractivity contribution in [3.63, 3.8) is 0 Å². The minimum Gasteiger partial charge on any atom is -0.313 e. The summed E-state index contributed by atoms with van der Waals surface area (Å²) in [5.74, 6) is -0.527. The molecule has 5 N–H and O–H groups in total. The van der Waals surface area contributed by atoms with Crippen LogP contribution in [0.1, 0.15) is 31.4 Å². The summed E-state index contributed by atoms with van der Waals surface area (Å²) in [6.07, 6.45) is 1.31. The molecular weight excluding hydrogens is 304 g/mol. The summed E-state index contributed by atoms with van der Waals surface area (Å²) in [5.41, 5.74) is 7.72. The lowest BCUT2D eigenvalue weighted by Crippen LogP contribution is -2.20. The molecule has 0 aliphatic heterocycles. The summed E-state index contributed by atoms with van der Waals surface area (Å²) < 4.78 is 23.4. The summed E-state index contributed by atoms with van der Waals surface area (Å²) in [5, 5.41) is 23.2. The Bertz CT molecular complexity index is 737. The number of hydrogen-bond acceptors (Lipinski definition) is 6. The van der Waals surface area contributed by atoms with Gasteiger partial charge in [-0.15, -0.1) is 5.11 Å². The number of amidine groups is 1. The van der Waals surface area contributed by atoms with Crippen molar-refractivity contribution in [1.29, 1.82) is 16.3 Å². The average molecular weight is 322 g/mol. The first-order chi connectivity index (χ1) is 10.2. The molecule has 0 bridgehead atoms. The van der Waals surface area contributed by atoms with Gasteiger partial charge in [-0.1, -0.05) is 12.1 Å². The predicted octanol–water partition coefficient (Wildman–Crippen LogP) is 1.93. The molecule has 1 rings (SSSR count).